The van der Waals surface area contributed by atoms with E-state index in [2.05, 4.69) is 6.92 Å². The van der Waals surface area contributed by atoms with Crippen molar-refractivity contribution in [3.8, 4) is 5.75 Å². The lowest BCUT2D eigenvalue weighted by atomic mass is 10.0. The van der Waals surface area contributed by atoms with Crippen molar-refractivity contribution in [3.05, 3.63) is 29.8 Å². The van der Waals surface area contributed by atoms with Crippen LogP contribution in [-0.2, 0) is 4.79 Å². The predicted molar refractivity (Wildman–Crippen MR) is 89.9 cm³/mol. The van der Waals surface area contributed by atoms with Crippen LogP contribution in [0.25, 0.3) is 0 Å². The Balaban J connectivity index is 2.25. The van der Waals surface area contributed by atoms with Crippen LogP contribution in [0.15, 0.2) is 24.3 Å². The molecule has 5 heteroatoms. The van der Waals surface area contributed by atoms with Gasteiger partial charge in [-0.1, -0.05) is 26.2 Å². The number of carbonyl (C=O) groups excluding carboxylic acids is 1. The largest absolute Gasteiger partial charge is 0.494 e. The van der Waals surface area contributed by atoms with E-state index in [-0.39, 0.29) is 5.78 Å². The maximum atomic E-state index is 12.1. The molecule has 0 aliphatic carbocycles. The standard InChI is InChI=1S/C18H27NO4/c1-2-3-13-23-15-11-9-14(10-12-15)17(20)8-6-4-5-7-16(19)18(21)22/h9-12,16H,2-8,13,19H2,1H3,(H,21,22)/t16-/m0/s1. The molecule has 0 bridgehead atoms. The molecule has 1 aromatic rings. The van der Waals surface area contributed by atoms with E-state index in [9.17, 15) is 9.59 Å². The average molecular weight is 321 g/mol. The Labute approximate surface area is 137 Å². The van der Waals surface area contributed by atoms with Gasteiger partial charge in [-0.05, 0) is 43.5 Å². The Kier molecular flexibility index (Phi) is 8.98. The number of hydrogen-bond donors (Lipinski definition) is 2. The number of carbonyl (C=O) groups is 2. The number of hydrogen-bond acceptors (Lipinski definition) is 4. The highest BCUT2D eigenvalue weighted by atomic mass is 16.5. The minimum atomic E-state index is -0.970. The lowest BCUT2D eigenvalue weighted by molar-refractivity contribution is -0.138. The molecule has 0 heterocycles. The van der Waals surface area contributed by atoms with Gasteiger partial charge in [0.15, 0.2) is 5.78 Å². The molecule has 0 saturated heterocycles. The van der Waals surface area contributed by atoms with Gasteiger partial charge in [0.2, 0.25) is 0 Å². The zero-order chi connectivity index (χ0) is 17.1. The van der Waals surface area contributed by atoms with Crippen LogP contribution < -0.4 is 10.5 Å². The first kappa shape index (κ1) is 19.2. The molecule has 0 aromatic heterocycles. The molecular formula is C18H27NO4. The molecule has 0 radical (unpaired) electrons. The van der Waals surface area contributed by atoms with Gasteiger partial charge in [0.25, 0.3) is 0 Å². The predicted octanol–water partition coefficient (Wildman–Crippen LogP) is 3.41. The van der Waals surface area contributed by atoms with E-state index in [0.29, 0.717) is 25.0 Å². The molecule has 5 nitrogen and oxygen atoms in total. The van der Waals surface area contributed by atoms with Crippen LogP contribution >= 0.6 is 0 Å². The fourth-order valence-corrected chi connectivity index (χ4v) is 2.17. The summed E-state index contributed by atoms with van der Waals surface area (Å²) < 4.78 is 5.56. The minimum absolute atomic E-state index is 0.104. The van der Waals surface area contributed by atoms with Crippen LogP contribution in [0.2, 0.25) is 0 Å². The summed E-state index contributed by atoms with van der Waals surface area (Å²) in [6, 6.07) is 6.45. The van der Waals surface area contributed by atoms with Gasteiger partial charge in [0, 0.05) is 12.0 Å². The quantitative estimate of drug-likeness (QED) is 0.455. The molecule has 0 aliphatic rings. The number of ether oxygens (including phenoxy) is 1. The van der Waals surface area contributed by atoms with Gasteiger partial charge < -0.3 is 15.6 Å². The maximum absolute atomic E-state index is 12.1. The van der Waals surface area contributed by atoms with Crippen LogP contribution in [-0.4, -0.2) is 29.5 Å². The summed E-state index contributed by atoms with van der Waals surface area (Å²) in [6.45, 7) is 2.81. The molecule has 0 fully saturated rings. The molecule has 23 heavy (non-hydrogen) atoms. The minimum Gasteiger partial charge on any atom is -0.494 e. The van der Waals surface area contributed by atoms with E-state index in [1.165, 1.54) is 0 Å². The lowest BCUT2D eigenvalue weighted by Gasteiger charge is -2.07. The van der Waals surface area contributed by atoms with Crippen molar-refractivity contribution in [1.29, 1.82) is 0 Å². The van der Waals surface area contributed by atoms with Crippen molar-refractivity contribution < 1.29 is 19.4 Å². The Bertz CT molecular complexity index is 484. The Morgan fingerprint density at radius 2 is 1.83 bits per heavy atom. The number of aliphatic carboxylic acids is 1. The number of benzene rings is 1. The number of ketones is 1. The lowest BCUT2D eigenvalue weighted by Crippen LogP contribution is -2.29. The normalized spacial score (nSPS) is 11.9. The summed E-state index contributed by atoms with van der Waals surface area (Å²) in [5.41, 5.74) is 6.12. The van der Waals surface area contributed by atoms with E-state index in [4.69, 9.17) is 15.6 Å². The van der Waals surface area contributed by atoms with Crippen molar-refractivity contribution in [2.75, 3.05) is 6.61 Å². The van der Waals surface area contributed by atoms with Gasteiger partial charge in [0.05, 0.1) is 6.61 Å². The highest BCUT2D eigenvalue weighted by Gasteiger charge is 2.11. The van der Waals surface area contributed by atoms with E-state index < -0.39 is 12.0 Å². The smallest absolute Gasteiger partial charge is 0.320 e. The molecule has 0 aliphatic heterocycles. The van der Waals surface area contributed by atoms with Crippen LogP contribution in [0.1, 0.15) is 62.2 Å². The molecule has 128 valence electrons. The zero-order valence-corrected chi connectivity index (χ0v) is 13.8. The second-order valence-electron chi connectivity index (χ2n) is 5.69. The Morgan fingerprint density at radius 3 is 2.43 bits per heavy atom. The molecule has 3 N–H and O–H groups in total. The van der Waals surface area contributed by atoms with Gasteiger partial charge in [-0.25, -0.2) is 0 Å². The summed E-state index contributed by atoms with van der Waals surface area (Å²) in [4.78, 5) is 22.6. The SMILES string of the molecule is CCCCOc1ccc(C(=O)CCCCC[C@H](N)C(=O)O)cc1. The first-order chi connectivity index (χ1) is 11.0. The van der Waals surface area contributed by atoms with Gasteiger partial charge in [-0.2, -0.15) is 0 Å². The zero-order valence-electron chi connectivity index (χ0n) is 13.8. The number of nitrogens with two attached hydrogens (primary N) is 1. The average Bonchev–Trinajstić information content (AvgIpc) is 2.55. The summed E-state index contributed by atoms with van der Waals surface area (Å²) in [7, 11) is 0. The van der Waals surface area contributed by atoms with E-state index in [1.54, 1.807) is 12.1 Å². The third-order valence-corrected chi connectivity index (χ3v) is 3.68. The molecule has 1 atom stereocenters. The van der Waals surface area contributed by atoms with Gasteiger partial charge in [-0.3, -0.25) is 9.59 Å². The molecule has 0 saturated carbocycles. The second kappa shape index (κ2) is 10.8. The number of carboxylic acids is 1. The third-order valence-electron chi connectivity index (χ3n) is 3.68. The molecular weight excluding hydrogens is 294 g/mol. The van der Waals surface area contributed by atoms with Crippen molar-refractivity contribution in [2.45, 2.75) is 57.9 Å². The summed E-state index contributed by atoms with van der Waals surface area (Å²) in [5.74, 6) is -0.0763. The highest BCUT2D eigenvalue weighted by Crippen LogP contribution is 2.15. The molecule has 0 amide bonds. The summed E-state index contributed by atoms with van der Waals surface area (Å²) in [5, 5.41) is 8.68. The monoisotopic (exact) mass is 321 g/mol. The third kappa shape index (κ3) is 7.79. The fraction of sp³-hybridized carbons (Fsp3) is 0.556. The second-order valence-corrected chi connectivity index (χ2v) is 5.69. The number of Topliss-reactive ketones (excluding diaryl/α,β-unsaturated/α-hetero) is 1. The first-order valence-corrected chi connectivity index (χ1v) is 8.29. The number of carboxylic acid groups (broad SMARTS) is 1. The van der Waals surface area contributed by atoms with E-state index in [1.807, 2.05) is 12.1 Å². The summed E-state index contributed by atoms with van der Waals surface area (Å²) in [6.07, 6.45) is 5.32. The maximum Gasteiger partial charge on any atom is 0.320 e. The fourth-order valence-electron chi connectivity index (χ4n) is 2.17. The van der Waals surface area contributed by atoms with Crippen LogP contribution in [0.5, 0.6) is 5.75 Å². The van der Waals surface area contributed by atoms with Gasteiger partial charge in [0.1, 0.15) is 11.8 Å². The molecule has 0 unspecified atom stereocenters. The van der Waals surface area contributed by atoms with E-state index >= 15 is 0 Å². The van der Waals surface area contributed by atoms with Crippen molar-refractivity contribution >= 4 is 11.8 Å². The van der Waals surface area contributed by atoms with E-state index in [0.717, 1.165) is 37.9 Å². The molecule has 0 spiro atoms. The van der Waals surface area contributed by atoms with Crippen LogP contribution in [0, 0.1) is 0 Å². The molecule has 1 rings (SSSR count). The van der Waals surface area contributed by atoms with Crippen molar-refractivity contribution in [1.82, 2.24) is 0 Å². The Morgan fingerprint density at radius 1 is 1.13 bits per heavy atom. The van der Waals surface area contributed by atoms with Gasteiger partial charge in [-0.15, -0.1) is 0 Å². The van der Waals surface area contributed by atoms with Gasteiger partial charge >= 0.3 is 5.97 Å². The number of rotatable bonds is 12. The van der Waals surface area contributed by atoms with Crippen molar-refractivity contribution in [3.63, 3.8) is 0 Å². The topological polar surface area (TPSA) is 89.6 Å². The number of unbranched alkanes of at least 4 members (excludes halogenated alkanes) is 3. The van der Waals surface area contributed by atoms with Crippen molar-refractivity contribution in [2.24, 2.45) is 5.73 Å². The molecule has 1 aromatic carbocycles. The van der Waals surface area contributed by atoms with Crippen LogP contribution in [0.3, 0.4) is 0 Å². The Hall–Kier alpha value is -1.88. The van der Waals surface area contributed by atoms with Crippen LogP contribution in [0.4, 0.5) is 0 Å². The first-order valence-electron chi connectivity index (χ1n) is 8.29. The highest BCUT2D eigenvalue weighted by molar-refractivity contribution is 5.96. The summed E-state index contributed by atoms with van der Waals surface area (Å²) >= 11 is 0.